The van der Waals surface area contributed by atoms with Gasteiger partial charge in [0.1, 0.15) is 5.82 Å². The van der Waals surface area contributed by atoms with Crippen LogP contribution in [0.4, 0.5) is 14.9 Å². The zero-order chi connectivity index (χ0) is 16.2. The van der Waals surface area contributed by atoms with Gasteiger partial charge in [0.15, 0.2) is 0 Å². The molecule has 3 rings (SSSR count). The molecule has 1 N–H and O–H groups in total. The number of hydrogen-bond donors (Lipinski definition) is 1. The van der Waals surface area contributed by atoms with Crippen LogP contribution in [0, 0.1) is 18.7 Å². The maximum absolute atomic E-state index is 13.3. The van der Waals surface area contributed by atoms with E-state index in [1.807, 2.05) is 13.1 Å². The first-order valence-corrected chi connectivity index (χ1v) is 7.78. The first-order valence-electron chi connectivity index (χ1n) is 7.78. The summed E-state index contributed by atoms with van der Waals surface area (Å²) < 4.78 is 15.1. The van der Waals surface area contributed by atoms with Crippen molar-refractivity contribution in [3.05, 3.63) is 42.0 Å². The molecule has 0 aliphatic carbocycles. The number of benzene rings is 1. The first-order chi connectivity index (χ1) is 11.1. The highest BCUT2D eigenvalue weighted by Gasteiger charge is 2.24. The van der Waals surface area contributed by atoms with E-state index in [-0.39, 0.29) is 11.8 Å². The van der Waals surface area contributed by atoms with E-state index in [1.54, 1.807) is 21.8 Å². The van der Waals surface area contributed by atoms with Crippen molar-refractivity contribution in [2.75, 3.05) is 18.4 Å². The fourth-order valence-electron chi connectivity index (χ4n) is 2.92. The molecule has 1 aliphatic rings. The second kappa shape index (κ2) is 6.76. The summed E-state index contributed by atoms with van der Waals surface area (Å²) in [6, 6.07) is 4.22. The SMILES string of the molecule is Cc1ccc(F)cc1NC(=O)N1CCCC(Cn2ccnn2)C1. The fraction of sp³-hybridized carbons (Fsp3) is 0.438. The summed E-state index contributed by atoms with van der Waals surface area (Å²) in [5.41, 5.74) is 1.37. The summed E-state index contributed by atoms with van der Waals surface area (Å²) in [5.74, 6) is -0.00147. The number of rotatable bonds is 3. The molecule has 1 aromatic heterocycles. The minimum absolute atomic E-state index is 0.179. The molecule has 2 aromatic rings. The molecule has 6 nitrogen and oxygen atoms in total. The van der Waals surface area contributed by atoms with Gasteiger partial charge in [0.2, 0.25) is 0 Å². The van der Waals surface area contributed by atoms with Crippen molar-refractivity contribution in [2.45, 2.75) is 26.3 Å². The molecule has 0 bridgehead atoms. The van der Waals surface area contributed by atoms with Crippen molar-refractivity contribution in [1.29, 1.82) is 0 Å². The Hall–Kier alpha value is -2.44. The number of carbonyl (C=O) groups excluding carboxylic acids is 1. The first kappa shape index (κ1) is 15.5. The number of urea groups is 1. The van der Waals surface area contributed by atoms with E-state index in [0.29, 0.717) is 24.7 Å². The third-order valence-electron chi connectivity index (χ3n) is 4.16. The second-order valence-corrected chi connectivity index (χ2v) is 5.97. The molecular weight excluding hydrogens is 297 g/mol. The van der Waals surface area contributed by atoms with E-state index in [2.05, 4.69) is 15.6 Å². The van der Waals surface area contributed by atoms with Gasteiger partial charge in [-0.05, 0) is 43.4 Å². The fourth-order valence-corrected chi connectivity index (χ4v) is 2.92. The predicted molar refractivity (Wildman–Crippen MR) is 84.5 cm³/mol. The summed E-state index contributed by atoms with van der Waals surface area (Å²) >= 11 is 0. The van der Waals surface area contributed by atoms with Crippen molar-refractivity contribution in [1.82, 2.24) is 19.9 Å². The van der Waals surface area contributed by atoms with Gasteiger partial charge in [-0.15, -0.1) is 5.10 Å². The largest absolute Gasteiger partial charge is 0.324 e. The lowest BCUT2D eigenvalue weighted by Gasteiger charge is -2.32. The lowest BCUT2D eigenvalue weighted by Crippen LogP contribution is -2.43. The van der Waals surface area contributed by atoms with Gasteiger partial charge < -0.3 is 10.2 Å². The highest BCUT2D eigenvalue weighted by atomic mass is 19.1. The minimum atomic E-state index is -0.353. The maximum atomic E-state index is 13.3. The number of nitrogens with one attached hydrogen (secondary N) is 1. The van der Waals surface area contributed by atoms with Gasteiger partial charge in [-0.3, -0.25) is 4.68 Å². The molecule has 1 saturated heterocycles. The van der Waals surface area contributed by atoms with Crippen LogP contribution in [0.15, 0.2) is 30.6 Å². The average molecular weight is 317 g/mol. The van der Waals surface area contributed by atoms with Crippen LogP contribution in [-0.4, -0.2) is 39.0 Å². The number of aromatic nitrogens is 3. The summed E-state index contributed by atoms with van der Waals surface area (Å²) in [6.07, 6.45) is 5.49. The molecule has 1 atom stereocenters. The molecule has 0 radical (unpaired) electrons. The summed E-state index contributed by atoms with van der Waals surface area (Å²) in [7, 11) is 0. The Morgan fingerprint density at radius 3 is 3.13 bits per heavy atom. The maximum Gasteiger partial charge on any atom is 0.321 e. The Morgan fingerprint density at radius 1 is 1.48 bits per heavy atom. The Bertz CT molecular complexity index is 673. The normalized spacial score (nSPS) is 18.0. The van der Waals surface area contributed by atoms with Gasteiger partial charge in [-0.25, -0.2) is 9.18 Å². The Morgan fingerprint density at radius 2 is 2.35 bits per heavy atom. The Kier molecular flexibility index (Phi) is 4.55. The zero-order valence-electron chi connectivity index (χ0n) is 13.1. The van der Waals surface area contributed by atoms with E-state index < -0.39 is 0 Å². The van der Waals surface area contributed by atoms with Crippen molar-refractivity contribution in [2.24, 2.45) is 5.92 Å². The van der Waals surface area contributed by atoms with Gasteiger partial charge in [0.25, 0.3) is 0 Å². The van der Waals surface area contributed by atoms with Gasteiger partial charge >= 0.3 is 6.03 Å². The predicted octanol–water partition coefficient (Wildman–Crippen LogP) is 2.67. The summed E-state index contributed by atoms with van der Waals surface area (Å²) in [4.78, 5) is 14.2. The number of hydrogen-bond acceptors (Lipinski definition) is 3. The molecule has 1 aliphatic heterocycles. The topological polar surface area (TPSA) is 63.1 Å². The van der Waals surface area contributed by atoms with Crippen LogP contribution in [0.25, 0.3) is 0 Å². The summed E-state index contributed by atoms with van der Waals surface area (Å²) in [6.45, 7) is 3.98. The molecule has 7 heteroatoms. The Balaban J connectivity index is 1.61. The third-order valence-corrected chi connectivity index (χ3v) is 4.16. The molecule has 0 spiro atoms. The number of anilines is 1. The van der Waals surface area contributed by atoms with Gasteiger partial charge in [-0.2, -0.15) is 0 Å². The molecule has 1 unspecified atom stereocenters. The van der Waals surface area contributed by atoms with Crippen LogP contribution in [0.1, 0.15) is 18.4 Å². The minimum Gasteiger partial charge on any atom is -0.324 e. The van der Waals surface area contributed by atoms with E-state index in [1.165, 1.54) is 12.1 Å². The molecule has 2 amide bonds. The zero-order valence-corrected chi connectivity index (χ0v) is 13.1. The van der Waals surface area contributed by atoms with Crippen LogP contribution in [0.2, 0.25) is 0 Å². The lowest BCUT2D eigenvalue weighted by molar-refractivity contribution is 0.168. The molecule has 2 heterocycles. The van der Waals surface area contributed by atoms with Crippen LogP contribution >= 0.6 is 0 Å². The molecule has 1 aromatic carbocycles. The van der Waals surface area contributed by atoms with E-state index in [0.717, 1.165) is 24.9 Å². The molecule has 23 heavy (non-hydrogen) atoms. The van der Waals surface area contributed by atoms with Crippen molar-refractivity contribution >= 4 is 11.7 Å². The number of amides is 2. The standard InChI is InChI=1S/C16H20FN5O/c1-12-4-5-14(17)9-15(12)19-16(23)21-7-2-3-13(10-21)11-22-8-6-18-20-22/h4-6,8-9,13H,2-3,7,10-11H2,1H3,(H,19,23). The highest BCUT2D eigenvalue weighted by molar-refractivity contribution is 5.90. The van der Waals surface area contributed by atoms with Crippen molar-refractivity contribution in [3.63, 3.8) is 0 Å². The van der Waals surface area contributed by atoms with Crippen LogP contribution < -0.4 is 5.32 Å². The quantitative estimate of drug-likeness (QED) is 0.946. The van der Waals surface area contributed by atoms with Crippen LogP contribution in [-0.2, 0) is 6.54 Å². The van der Waals surface area contributed by atoms with Crippen LogP contribution in [0.5, 0.6) is 0 Å². The van der Waals surface area contributed by atoms with E-state index in [4.69, 9.17) is 0 Å². The number of likely N-dealkylation sites (tertiary alicyclic amines) is 1. The highest BCUT2D eigenvalue weighted by Crippen LogP contribution is 2.21. The number of carbonyl (C=O) groups is 1. The number of aryl methyl sites for hydroxylation is 1. The number of halogens is 1. The van der Waals surface area contributed by atoms with Gasteiger partial charge in [0.05, 0.1) is 6.20 Å². The van der Waals surface area contributed by atoms with Crippen LogP contribution in [0.3, 0.4) is 0 Å². The summed E-state index contributed by atoms with van der Waals surface area (Å²) in [5, 5.41) is 10.6. The smallest absolute Gasteiger partial charge is 0.321 e. The number of piperidine rings is 1. The lowest BCUT2D eigenvalue weighted by atomic mass is 9.98. The molecule has 0 saturated carbocycles. The Labute approximate surface area is 134 Å². The van der Waals surface area contributed by atoms with Gasteiger partial charge in [-0.1, -0.05) is 11.3 Å². The molecule has 1 fully saturated rings. The van der Waals surface area contributed by atoms with Gasteiger partial charge in [0, 0.05) is 31.5 Å². The third kappa shape index (κ3) is 3.85. The van der Waals surface area contributed by atoms with E-state index in [9.17, 15) is 9.18 Å². The van der Waals surface area contributed by atoms with E-state index >= 15 is 0 Å². The number of nitrogens with zero attached hydrogens (tertiary/aromatic N) is 4. The van der Waals surface area contributed by atoms with Crippen molar-refractivity contribution < 1.29 is 9.18 Å². The monoisotopic (exact) mass is 317 g/mol. The molecule has 122 valence electrons. The molecular formula is C16H20FN5O. The average Bonchev–Trinajstić information content (AvgIpc) is 3.04. The second-order valence-electron chi connectivity index (χ2n) is 5.97. The van der Waals surface area contributed by atoms with Crippen molar-refractivity contribution in [3.8, 4) is 0 Å².